The minimum Gasteiger partial charge on any atom is -0.298 e. The molecular formula is C20H21N3O. The number of hydrogen-bond donors (Lipinski definition) is 0. The van der Waals surface area contributed by atoms with Crippen LogP contribution in [-0.4, -0.2) is 15.6 Å². The van der Waals surface area contributed by atoms with Crippen molar-refractivity contribution in [2.75, 3.05) is 0 Å². The molecular weight excluding hydrogens is 298 g/mol. The molecule has 24 heavy (non-hydrogen) atoms. The van der Waals surface area contributed by atoms with Crippen LogP contribution in [0.5, 0.6) is 0 Å². The van der Waals surface area contributed by atoms with Crippen molar-refractivity contribution in [2.45, 2.75) is 31.6 Å². The first-order valence-electron chi connectivity index (χ1n) is 8.60. The van der Waals surface area contributed by atoms with Gasteiger partial charge in [-0.3, -0.25) is 9.48 Å². The SMILES string of the molecule is CC1C(=O)C(C#N)CC2(c3ccccc3)c3nn(C)cc3CC[C@@H]12. The van der Waals surface area contributed by atoms with E-state index in [-0.39, 0.29) is 23.0 Å². The zero-order valence-electron chi connectivity index (χ0n) is 14.1. The quantitative estimate of drug-likeness (QED) is 0.812. The molecule has 0 radical (unpaired) electrons. The fourth-order valence-corrected chi connectivity index (χ4v) is 5.01. The molecule has 1 fully saturated rings. The molecule has 0 amide bonds. The molecule has 2 aliphatic carbocycles. The number of benzene rings is 1. The Labute approximate surface area is 142 Å². The number of nitrogens with zero attached hydrogens (tertiary/aromatic N) is 3. The Balaban J connectivity index is 2.00. The molecule has 1 saturated carbocycles. The van der Waals surface area contributed by atoms with Crippen LogP contribution >= 0.6 is 0 Å². The Morgan fingerprint density at radius 3 is 2.79 bits per heavy atom. The van der Waals surface area contributed by atoms with Crippen LogP contribution < -0.4 is 0 Å². The lowest BCUT2D eigenvalue weighted by atomic mass is 9.51. The van der Waals surface area contributed by atoms with Crippen LogP contribution in [0.3, 0.4) is 0 Å². The largest absolute Gasteiger partial charge is 0.298 e. The van der Waals surface area contributed by atoms with Crippen LogP contribution in [0.1, 0.15) is 36.6 Å². The summed E-state index contributed by atoms with van der Waals surface area (Å²) in [6.07, 6.45) is 4.57. The Morgan fingerprint density at radius 1 is 1.33 bits per heavy atom. The van der Waals surface area contributed by atoms with Gasteiger partial charge < -0.3 is 0 Å². The second-order valence-corrected chi connectivity index (χ2v) is 7.24. The molecule has 0 saturated heterocycles. The zero-order valence-corrected chi connectivity index (χ0v) is 14.1. The van der Waals surface area contributed by atoms with Gasteiger partial charge in [0.05, 0.1) is 11.8 Å². The third kappa shape index (κ3) is 1.91. The van der Waals surface area contributed by atoms with Crippen molar-refractivity contribution in [3.8, 4) is 6.07 Å². The number of nitriles is 1. The molecule has 3 unspecified atom stereocenters. The summed E-state index contributed by atoms with van der Waals surface area (Å²) in [6, 6.07) is 12.6. The van der Waals surface area contributed by atoms with Crippen LogP contribution in [0.2, 0.25) is 0 Å². The molecule has 2 aliphatic rings. The average molecular weight is 319 g/mol. The molecule has 0 aliphatic heterocycles. The van der Waals surface area contributed by atoms with E-state index in [0.29, 0.717) is 6.42 Å². The number of carbonyl (C=O) groups excluding carboxylic acids is 1. The number of aryl methyl sites for hydroxylation is 2. The Kier molecular flexibility index (Phi) is 3.35. The van der Waals surface area contributed by atoms with E-state index in [1.54, 1.807) is 0 Å². The van der Waals surface area contributed by atoms with Gasteiger partial charge in [-0.2, -0.15) is 10.4 Å². The van der Waals surface area contributed by atoms with Gasteiger partial charge >= 0.3 is 0 Å². The summed E-state index contributed by atoms with van der Waals surface area (Å²) in [7, 11) is 1.95. The number of carbonyl (C=O) groups is 1. The van der Waals surface area contributed by atoms with Gasteiger partial charge in [0, 0.05) is 24.6 Å². The van der Waals surface area contributed by atoms with Crippen molar-refractivity contribution in [2.24, 2.45) is 24.8 Å². The number of hydrogen-bond acceptors (Lipinski definition) is 3. The normalized spacial score (nSPS) is 31.9. The molecule has 0 N–H and O–H groups in total. The monoisotopic (exact) mass is 319 g/mol. The summed E-state index contributed by atoms with van der Waals surface area (Å²) < 4.78 is 1.88. The van der Waals surface area contributed by atoms with Crippen molar-refractivity contribution in [1.82, 2.24) is 9.78 Å². The predicted molar refractivity (Wildman–Crippen MR) is 90.1 cm³/mol. The summed E-state index contributed by atoms with van der Waals surface area (Å²) in [5.41, 5.74) is 3.20. The van der Waals surface area contributed by atoms with E-state index in [0.717, 1.165) is 18.5 Å². The van der Waals surface area contributed by atoms with Gasteiger partial charge in [-0.15, -0.1) is 0 Å². The van der Waals surface area contributed by atoms with Crippen LogP contribution in [0, 0.1) is 29.1 Å². The van der Waals surface area contributed by atoms with Crippen molar-refractivity contribution in [1.29, 1.82) is 5.26 Å². The molecule has 4 atom stereocenters. The smallest absolute Gasteiger partial charge is 0.153 e. The van der Waals surface area contributed by atoms with Gasteiger partial charge in [-0.25, -0.2) is 0 Å². The van der Waals surface area contributed by atoms with Gasteiger partial charge in [-0.05, 0) is 36.3 Å². The van der Waals surface area contributed by atoms with Crippen LogP contribution in [0.4, 0.5) is 0 Å². The lowest BCUT2D eigenvalue weighted by Crippen LogP contribution is -2.52. The van der Waals surface area contributed by atoms with E-state index < -0.39 is 5.92 Å². The van der Waals surface area contributed by atoms with E-state index in [1.807, 2.05) is 36.9 Å². The Morgan fingerprint density at radius 2 is 2.08 bits per heavy atom. The maximum Gasteiger partial charge on any atom is 0.153 e. The maximum absolute atomic E-state index is 12.7. The Bertz CT molecular complexity index is 832. The molecule has 1 heterocycles. The highest BCUT2D eigenvalue weighted by Crippen LogP contribution is 2.55. The summed E-state index contributed by atoms with van der Waals surface area (Å²) in [5, 5.41) is 14.4. The van der Waals surface area contributed by atoms with Crippen molar-refractivity contribution in [3.63, 3.8) is 0 Å². The number of Topliss-reactive ketones (excluding diaryl/α,β-unsaturated/α-hetero) is 1. The molecule has 2 aromatic rings. The molecule has 122 valence electrons. The van der Waals surface area contributed by atoms with E-state index in [9.17, 15) is 10.1 Å². The predicted octanol–water partition coefficient (Wildman–Crippen LogP) is 3.02. The summed E-state index contributed by atoms with van der Waals surface area (Å²) in [5.74, 6) is -0.351. The zero-order chi connectivity index (χ0) is 16.9. The lowest BCUT2D eigenvalue weighted by Gasteiger charge is -2.50. The Hall–Kier alpha value is -2.41. The second-order valence-electron chi connectivity index (χ2n) is 7.24. The van der Waals surface area contributed by atoms with Gasteiger partial charge in [-0.1, -0.05) is 37.3 Å². The van der Waals surface area contributed by atoms with Gasteiger partial charge in [0.15, 0.2) is 5.78 Å². The van der Waals surface area contributed by atoms with Crippen molar-refractivity contribution in [3.05, 3.63) is 53.3 Å². The summed E-state index contributed by atoms with van der Waals surface area (Å²) >= 11 is 0. The minimum absolute atomic E-state index is 0.105. The van der Waals surface area contributed by atoms with E-state index in [1.165, 1.54) is 11.1 Å². The highest BCUT2D eigenvalue weighted by atomic mass is 16.1. The molecule has 0 bridgehead atoms. The van der Waals surface area contributed by atoms with Crippen LogP contribution in [0.15, 0.2) is 36.5 Å². The summed E-state index contributed by atoms with van der Waals surface area (Å²) in [4.78, 5) is 12.7. The topological polar surface area (TPSA) is 58.7 Å². The first-order chi connectivity index (χ1) is 11.6. The van der Waals surface area contributed by atoms with Crippen molar-refractivity contribution >= 4 is 5.78 Å². The fourth-order valence-electron chi connectivity index (χ4n) is 5.01. The third-order valence-corrected chi connectivity index (χ3v) is 6.05. The first-order valence-corrected chi connectivity index (χ1v) is 8.60. The van der Waals surface area contributed by atoms with E-state index in [4.69, 9.17) is 5.10 Å². The molecule has 0 spiro atoms. The number of aromatic nitrogens is 2. The van der Waals surface area contributed by atoms with Gasteiger partial charge in [0.1, 0.15) is 5.92 Å². The van der Waals surface area contributed by atoms with E-state index >= 15 is 0 Å². The summed E-state index contributed by atoms with van der Waals surface area (Å²) in [6.45, 7) is 2.00. The van der Waals surface area contributed by atoms with E-state index in [2.05, 4.69) is 24.4 Å². The standard InChI is InChI=1S/C20H21N3O/c1-13-17-9-8-14-12-23(2)22-19(14)20(17,10-15(11-21)18(13)24)16-6-4-3-5-7-16/h3-7,12-13,15,17H,8-10H2,1-2H3/t13?,15?,17-,20?/m0/s1. The highest BCUT2D eigenvalue weighted by Gasteiger charge is 2.56. The van der Waals surface area contributed by atoms with Gasteiger partial charge in [0.2, 0.25) is 0 Å². The number of ketones is 1. The van der Waals surface area contributed by atoms with Crippen LogP contribution in [0.25, 0.3) is 0 Å². The molecule has 1 aromatic heterocycles. The first kappa shape index (κ1) is 15.1. The van der Waals surface area contributed by atoms with Crippen molar-refractivity contribution < 1.29 is 4.79 Å². The number of rotatable bonds is 1. The third-order valence-electron chi connectivity index (χ3n) is 6.05. The van der Waals surface area contributed by atoms with Crippen LogP contribution in [-0.2, 0) is 23.7 Å². The second kappa shape index (κ2) is 5.31. The van der Waals surface area contributed by atoms with Gasteiger partial charge in [0.25, 0.3) is 0 Å². The molecule has 1 aromatic carbocycles. The average Bonchev–Trinajstić information content (AvgIpc) is 2.99. The fraction of sp³-hybridized carbons (Fsp3) is 0.450. The lowest BCUT2D eigenvalue weighted by molar-refractivity contribution is -0.131. The number of fused-ring (bicyclic) bond motifs is 3. The molecule has 4 rings (SSSR count). The minimum atomic E-state index is -0.551. The maximum atomic E-state index is 12.7. The highest BCUT2D eigenvalue weighted by molar-refractivity contribution is 5.87. The molecule has 4 nitrogen and oxygen atoms in total. The molecule has 4 heteroatoms.